The van der Waals surface area contributed by atoms with Crippen molar-refractivity contribution in [2.75, 3.05) is 42.7 Å². The van der Waals surface area contributed by atoms with Gasteiger partial charge in [-0.25, -0.2) is 0 Å². The molecule has 0 fully saturated rings. The summed E-state index contributed by atoms with van der Waals surface area (Å²) in [7, 11) is 8.81. The van der Waals surface area contributed by atoms with E-state index >= 15 is 0 Å². The summed E-state index contributed by atoms with van der Waals surface area (Å²) in [5.41, 5.74) is -1.60. The first-order valence-electron chi connectivity index (χ1n) is 11.8. The summed E-state index contributed by atoms with van der Waals surface area (Å²) < 4.78 is 33.1. The molecule has 0 heterocycles. The summed E-state index contributed by atoms with van der Waals surface area (Å²) in [5, 5.41) is 0. The third-order valence-corrected chi connectivity index (χ3v) is 8.10. The number of ketones is 3. The summed E-state index contributed by atoms with van der Waals surface area (Å²) in [6, 6.07) is 9.62. The number of ether oxygens (including phenoxy) is 6. The van der Waals surface area contributed by atoms with E-state index < -0.39 is 28.2 Å². The molecule has 0 amide bonds. The predicted molar refractivity (Wildman–Crippen MR) is 134 cm³/mol. The molecular formula is C29H24O9. The van der Waals surface area contributed by atoms with Gasteiger partial charge >= 0.3 is 0 Å². The zero-order chi connectivity index (χ0) is 27.1. The molecule has 0 radical (unpaired) electrons. The fourth-order valence-corrected chi connectivity index (χ4v) is 6.60. The molecule has 194 valence electrons. The van der Waals surface area contributed by atoms with Gasteiger partial charge < -0.3 is 28.4 Å². The van der Waals surface area contributed by atoms with E-state index in [1.807, 2.05) is 0 Å². The van der Waals surface area contributed by atoms with E-state index in [9.17, 15) is 14.4 Å². The number of benzene rings is 3. The Bertz CT molecular complexity index is 1420. The van der Waals surface area contributed by atoms with Gasteiger partial charge in [-0.3, -0.25) is 14.4 Å². The van der Waals surface area contributed by atoms with Gasteiger partial charge in [0.25, 0.3) is 0 Å². The van der Waals surface area contributed by atoms with Crippen molar-refractivity contribution >= 4 is 17.3 Å². The van der Waals surface area contributed by atoms with Crippen LogP contribution < -0.4 is 28.4 Å². The van der Waals surface area contributed by atoms with Gasteiger partial charge in [-0.05, 0) is 53.1 Å². The van der Waals surface area contributed by atoms with E-state index in [4.69, 9.17) is 28.4 Å². The molecule has 0 saturated heterocycles. The Balaban J connectivity index is 1.86. The van der Waals surface area contributed by atoms with Crippen molar-refractivity contribution in [3.05, 3.63) is 69.8 Å². The van der Waals surface area contributed by atoms with Crippen LogP contribution in [-0.2, 0) is 5.41 Å². The van der Waals surface area contributed by atoms with Crippen molar-refractivity contribution in [3.8, 4) is 34.5 Å². The lowest BCUT2D eigenvalue weighted by molar-refractivity contribution is 0.0593. The molecule has 9 heteroatoms. The Hall–Kier alpha value is -4.53. The lowest BCUT2D eigenvalue weighted by atomic mass is 9.63. The van der Waals surface area contributed by atoms with Crippen molar-refractivity contribution in [1.29, 1.82) is 0 Å². The van der Waals surface area contributed by atoms with Crippen molar-refractivity contribution < 1.29 is 42.8 Å². The first kappa shape index (κ1) is 23.8. The maximum atomic E-state index is 14.5. The number of hydrogen-bond donors (Lipinski definition) is 0. The molecule has 0 spiro atoms. The topological polar surface area (TPSA) is 107 Å². The van der Waals surface area contributed by atoms with Crippen molar-refractivity contribution in [2.45, 2.75) is 5.41 Å². The van der Waals surface area contributed by atoms with Gasteiger partial charge in [0, 0.05) is 16.7 Å². The van der Waals surface area contributed by atoms with Crippen LogP contribution in [0.2, 0.25) is 0 Å². The monoisotopic (exact) mass is 516 g/mol. The maximum Gasteiger partial charge on any atom is 0.186 e. The second kappa shape index (κ2) is 7.74. The fraction of sp³-hybridized carbons (Fsp3) is 0.276. The van der Waals surface area contributed by atoms with Gasteiger partial charge in [-0.2, -0.15) is 0 Å². The number of carbonyl (C=O) groups is 3. The van der Waals surface area contributed by atoms with Gasteiger partial charge in [-0.15, -0.1) is 0 Å². The number of fused-ring (bicyclic) bond motifs is 3. The molecule has 3 aromatic carbocycles. The quantitative estimate of drug-likeness (QED) is 0.454. The third-order valence-electron chi connectivity index (χ3n) is 8.10. The number of methoxy groups -OCH3 is 6. The molecule has 9 nitrogen and oxygen atoms in total. The Labute approximate surface area is 218 Å². The minimum Gasteiger partial charge on any atom is -0.493 e. The molecule has 3 aromatic rings. The van der Waals surface area contributed by atoms with Crippen molar-refractivity contribution in [2.24, 2.45) is 5.41 Å². The standard InChI is InChI=1S/C29H24O9/c1-33-19-7-13-16(10-22(19)36-4)28-17-11-23(37-5)20(34-2)8-14(17)26(31)29(28,25(13)30)27(32)15-9-21(35-3)24(38-6)12-18(15)28/h7-12H,1-6H3. The van der Waals surface area contributed by atoms with E-state index in [1.165, 1.54) is 60.9 Å². The Kier molecular flexibility index (Phi) is 4.85. The molecule has 3 aliphatic carbocycles. The molecule has 38 heavy (non-hydrogen) atoms. The average Bonchev–Trinajstić information content (AvgIpc) is 3.42. The maximum absolute atomic E-state index is 14.5. The predicted octanol–water partition coefficient (Wildman–Crippen LogP) is 3.65. The number of hydrogen-bond acceptors (Lipinski definition) is 9. The van der Waals surface area contributed by atoms with E-state index in [2.05, 4.69) is 0 Å². The van der Waals surface area contributed by atoms with Crippen LogP contribution >= 0.6 is 0 Å². The van der Waals surface area contributed by atoms with Gasteiger partial charge in [0.05, 0.1) is 48.1 Å². The average molecular weight is 517 g/mol. The molecule has 0 aliphatic heterocycles. The summed E-state index contributed by atoms with van der Waals surface area (Å²) in [6.45, 7) is 0. The van der Waals surface area contributed by atoms with Crippen LogP contribution in [0, 0.1) is 5.41 Å². The third kappa shape index (κ3) is 2.31. The first-order chi connectivity index (χ1) is 18.3. The molecule has 0 saturated carbocycles. The van der Waals surface area contributed by atoms with Crippen LogP contribution in [0.25, 0.3) is 0 Å². The number of rotatable bonds is 6. The lowest BCUT2D eigenvalue weighted by Gasteiger charge is -2.33. The highest BCUT2D eigenvalue weighted by Gasteiger charge is 2.80. The Morgan fingerprint density at radius 2 is 0.632 bits per heavy atom. The van der Waals surface area contributed by atoms with Crippen LogP contribution in [0.4, 0.5) is 0 Å². The van der Waals surface area contributed by atoms with Gasteiger partial charge in [0.2, 0.25) is 0 Å². The van der Waals surface area contributed by atoms with Crippen LogP contribution in [-0.4, -0.2) is 60.0 Å². The molecule has 3 aliphatic rings. The van der Waals surface area contributed by atoms with Crippen LogP contribution in [0.1, 0.15) is 47.8 Å². The molecule has 0 bridgehead atoms. The molecule has 0 unspecified atom stereocenters. The number of carbonyl (C=O) groups excluding carboxylic acids is 3. The Morgan fingerprint density at radius 1 is 0.395 bits per heavy atom. The minimum absolute atomic E-state index is 0.213. The van der Waals surface area contributed by atoms with Crippen molar-refractivity contribution in [1.82, 2.24) is 0 Å². The molecule has 6 rings (SSSR count). The SMILES string of the molecule is COc1cc2c(cc1OC)C13c4cc(OC)c(OC)cc4C(=O)C1(C2=O)C(=O)c1cc(OC)c(OC)cc13. The van der Waals surface area contributed by atoms with E-state index in [0.29, 0.717) is 51.2 Å². The summed E-state index contributed by atoms with van der Waals surface area (Å²) >= 11 is 0. The van der Waals surface area contributed by atoms with Gasteiger partial charge in [0.1, 0.15) is 0 Å². The van der Waals surface area contributed by atoms with Crippen LogP contribution in [0.3, 0.4) is 0 Å². The van der Waals surface area contributed by atoms with E-state index in [-0.39, 0.29) is 16.7 Å². The Morgan fingerprint density at radius 3 is 0.868 bits per heavy atom. The molecule has 0 N–H and O–H groups in total. The summed E-state index contributed by atoms with van der Waals surface area (Å²) in [5.74, 6) is 0.178. The van der Waals surface area contributed by atoms with E-state index in [0.717, 1.165) is 0 Å². The summed E-state index contributed by atoms with van der Waals surface area (Å²) in [4.78, 5) is 43.4. The lowest BCUT2D eigenvalue weighted by Crippen LogP contribution is -2.48. The first-order valence-corrected chi connectivity index (χ1v) is 11.8. The highest BCUT2D eigenvalue weighted by atomic mass is 16.5. The van der Waals surface area contributed by atoms with Gasteiger partial charge in [0.15, 0.2) is 57.3 Å². The highest BCUT2D eigenvalue weighted by molar-refractivity contribution is 6.44. The second-order valence-corrected chi connectivity index (χ2v) is 9.25. The van der Waals surface area contributed by atoms with Crippen LogP contribution in [0.15, 0.2) is 36.4 Å². The normalized spacial score (nSPS) is 21.8. The number of Topliss-reactive ketones (excluding diaryl/α,β-unsaturated/α-hetero) is 3. The van der Waals surface area contributed by atoms with Crippen molar-refractivity contribution in [3.63, 3.8) is 0 Å². The minimum atomic E-state index is -2.11. The smallest absolute Gasteiger partial charge is 0.186 e. The highest BCUT2D eigenvalue weighted by Crippen LogP contribution is 2.71. The molecular weight excluding hydrogens is 492 g/mol. The van der Waals surface area contributed by atoms with Gasteiger partial charge in [-0.1, -0.05) is 0 Å². The summed E-state index contributed by atoms with van der Waals surface area (Å²) in [6.07, 6.45) is 0. The molecule has 0 aromatic heterocycles. The molecule has 0 atom stereocenters. The largest absolute Gasteiger partial charge is 0.493 e. The second-order valence-electron chi connectivity index (χ2n) is 9.25. The van der Waals surface area contributed by atoms with Crippen LogP contribution in [0.5, 0.6) is 34.5 Å². The zero-order valence-electron chi connectivity index (χ0n) is 21.6. The zero-order valence-corrected chi connectivity index (χ0v) is 21.6. The fourth-order valence-electron chi connectivity index (χ4n) is 6.60. The van der Waals surface area contributed by atoms with E-state index in [1.54, 1.807) is 18.2 Å².